The number of nitrogens with one attached hydrogen (secondary N) is 1. The molecule has 32 heavy (non-hydrogen) atoms. The van der Waals surface area contributed by atoms with Crippen molar-refractivity contribution in [1.82, 2.24) is 24.8 Å². The van der Waals surface area contributed by atoms with Crippen molar-refractivity contribution in [1.29, 1.82) is 0 Å². The topological polar surface area (TPSA) is 88.3 Å². The van der Waals surface area contributed by atoms with E-state index in [1.807, 2.05) is 4.90 Å². The second-order valence-corrected chi connectivity index (χ2v) is 8.83. The van der Waals surface area contributed by atoms with Gasteiger partial charge in [0.15, 0.2) is 10.8 Å². The average Bonchev–Trinajstić information content (AvgIpc) is 3.36. The fourth-order valence-corrected chi connectivity index (χ4v) is 4.80. The Morgan fingerprint density at radius 3 is 2.69 bits per heavy atom. The highest BCUT2D eigenvalue weighted by atomic mass is 35.5. The van der Waals surface area contributed by atoms with E-state index in [9.17, 15) is 18.0 Å². The van der Waals surface area contributed by atoms with Gasteiger partial charge in [0.1, 0.15) is 5.82 Å². The molecule has 1 aromatic carbocycles. The van der Waals surface area contributed by atoms with E-state index in [0.29, 0.717) is 46.4 Å². The number of carbonyl (C=O) groups is 1. The molecule has 0 spiro atoms. The smallest absolute Gasteiger partial charge is 0.355 e. The van der Waals surface area contributed by atoms with Crippen molar-refractivity contribution in [3.8, 4) is 0 Å². The van der Waals surface area contributed by atoms with Crippen LogP contribution in [-0.4, -0.2) is 43.8 Å². The Hall–Kier alpha value is -2.99. The van der Waals surface area contributed by atoms with Crippen molar-refractivity contribution in [3.63, 3.8) is 0 Å². The van der Waals surface area contributed by atoms with E-state index < -0.39 is 12.0 Å². The molecule has 8 nitrogen and oxygen atoms in total. The molecule has 13 heteroatoms. The summed E-state index contributed by atoms with van der Waals surface area (Å²) in [6.07, 6.45) is -3.57. The predicted octanol–water partition coefficient (Wildman–Crippen LogP) is 4.26. The number of aromatic nitrogens is 5. The van der Waals surface area contributed by atoms with Crippen LogP contribution in [0.2, 0.25) is 5.02 Å². The van der Waals surface area contributed by atoms with Crippen molar-refractivity contribution in [2.24, 2.45) is 5.92 Å². The number of fused-ring (bicyclic) bond motifs is 2. The van der Waals surface area contributed by atoms with Gasteiger partial charge in [0.25, 0.3) is 5.82 Å². The Kier molecular flexibility index (Phi) is 5.13. The van der Waals surface area contributed by atoms with Gasteiger partial charge in [-0.1, -0.05) is 22.9 Å². The number of piperidine rings is 1. The summed E-state index contributed by atoms with van der Waals surface area (Å²) in [6.45, 7) is 0.963. The third-order valence-corrected chi connectivity index (χ3v) is 6.44. The fourth-order valence-electron chi connectivity index (χ4n) is 3.65. The number of hydrogen-bond acceptors (Lipinski definition) is 7. The van der Waals surface area contributed by atoms with Gasteiger partial charge in [-0.3, -0.25) is 4.79 Å². The van der Waals surface area contributed by atoms with E-state index in [1.165, 1.54) is 17.4 Å². The maximum atomic E-state index is 13.1. The molecular formula is C19H15ClF3N7OS. The minimum atomic E-state index is -4.65. The largest absolute Gasteiger partial charge is 0.453 e. The number of benzene rings is 1. The first-order chi connectivity index (χ1) is 15.3. The van der Waals surface area contributed by atoms with Gasteiger partial charge in [0, 0.05) is 24.0 Å². The summed E-state index contributed by atoms with van der Waals surface area (Å²) < 4.78 is 40.9. The first-order valence-electron chi connectivity index (χ1n) is 9.69. The molecule has 1 saturated heterocycles. The van der Waals surface area contributed by atoms with Crippen LogP contribution >= 0.6 is 22.9 Å². The van der Waals surface area contributed by atoms with Crippen molar-refractivity contribution >= 4 is 55.7 Å². The Morgan fingerprint density at radius 2 is 1.94 bits per heavy atom. The van der Waals surface area contributed by atoms with Crippen LogP contribution in [-0.2, 0) is 11.0 Å². The molecule has 0 atom stereocenters. The van der Waals surface area contributed by atoms with Gasteiger partial charge < -0.3 is 10.2 Å². The van der Waals surface area contributed by atoms with Crippen molar-refractivity contribution in [2.75, 3.05) is 23.3 Å². The molecule has 1 amide bonds. The van der Waals surface area contributed by atoms with Crippen LogP contribution in [0.4, 0.5) is 24.1 Å². The Labute approximate surface area is 188 Å². The molecule has 1 aliphatic heterocycles. The second kappa shape index (κ2) is 7.85. The number of nitrogens with zero attached hydrogens (tertiary/aromatic N) is 6. The highest BCUT2D eigenvalue weighted by molar-refractivity contribution is 7.22. The van der Waals surface area contributed by atoms with Crippen LogP contribution in [0.1, 0.15) is 18.7 Å². The third kappa shape index (κ3) is 3.95. The van der Waals surface area contributed by atoms with Crippen LogP contribution in [0, 0.1) is 5.92 Å². The van der Waals surface area contributed by atoms with Crippen molar-refractivity contribution in [3.05, 3.63) is 41.2 Å². The Bertz CT molecular complexity index is 1310. The summed E-state index contributed by atoms with van der Waals surface area (Å²) in [7, 11) is 0. The molecular weight excluding hydrogens is 467 g/mol. The average molecular weight is 482 g/mol. The number of rotatable bonds is 3. The highest BCUT2D eigenvalue weighted by Gasteiger charge is 2.38. The fraction of sp³-hybridized carbons (Fsp3) is 0.316. The normalized spacial score (nSPS) is 15.6. The monoisotopic (exact) mass is 481 g/mol. The number of hydrogen-bond donors (Lipinski definition) is 1. The standard InChI is InChI=1S/C19H15ClF3N7OS/c20-11-1-2-12-13(9-11)32-18(24-12)25-16(31)10-5-7-29(8-6-10)15-4-3-14-26-27-17(19(21,22)23)30(14)28-15/h1-4,9-10H,5-8H2,(H,24,25,31). The molecule has 0 saturated carbocycles. The van der Waals surface area contributed by atoms with E-state index in [1.54, 1.807) is 24.3 Å². The molecule has 1 fully saturated rings. The van der Waals surface area contributed by atoms with E-state index in [0.717, 1.165) is 10.2 Å². The van der Waals surface area contributed by atoms with Gasteiger partial charge in [0.05, 0.1) is 10.2 Å². The Morgan fingerprint density at radius 1 is 1.16 bits per heavy atom. The lowest BCUT2D eigenvalue weighted by atomic mass is 9.96. The number of alkyl halides is 3. The molecule has 0 aliphatic carbocycles. The minimum Gasteiger partial charge on any atom is -0.355 e. The van der Waals surface area contributed by atoms with Gasteiger partial charge in [-0.15, -0.1) is 15.3 Å². The zero-order valence-electron chi connectivity index (χ0n) is 16.3. The van der Waals surface area contributed by atoms with E-state index in [2.05, 4.69) is 25.6 Å². The van der Waals surface area contributed by atoms with Crippen LogP contribution in [0.5, 0.6) is 0 Å². The molecule has 5 rings (SSSR count). The lowest BCUT2D eigenvalue weighted by Crippen LogP contribution is -2.38. The number of anilines is 2. The van der Waals surface area contributed by atoms with Crippen LogP contribution in [0.25, 0.3) is 15.9 Å². The molecule has 0 bridgehead atoms. The van der Waals surface area contributed by atoms with Crippen LogP contribution in [0.15, 0.2) is 30.3 Å². The van der Waals surface area contributed by atoms with Crippen LogP contribution in [0.3, 0.4) is 0 Å². The van der Waals surface area contributed by atoms with Gasteiger partial charge in [-0.2, -0.15) is 17.7 Å². The lowest BCUT2D eigenvalue weighted by molar-refractivity contribution is -0.146. The molecule has 1 aliphatic rings. The molecule has 166 valence electrons. The summed E-state index contributed by atoms with van der Waals surface area (Å²) in [6, 6.07) is 8.39. The van der Waals surface area contributed by atoms with E-state index >= 15 is 0 Å². The SMILES string of the molecule is O=C(Nc1nc2ccc(Cl)cc2s1)C1CCN(c2ccc3nnc(C(F)(F)F)n3n2)CC1. The summed E-state index contributed by atoms with van der Waals surface area (Å²) in [4.78, 5) is 19.0. The molecule has 0 radical (unpaired) electrons. The molecule has 1 N–H and O–H groups in total. The molecule has 3 aromatic heterocycles. The van der Waals surface area contributed by atoms with Crippen molar-refractivity contribution in [2.45, 2.75) is 19.0 Å². The number of thiazole rings is 1. The maximum Gasteiger partial charge on any atom is 0.453 e. The highest BCUT2D eigenvalue weighted by Crippen LogP contribution is 2.31. The zero-order chi connectivity index (χ0) is 22.5. The molecule has 0 unspecified atom stereocenters. The zero-order valence-corrected chi connectivity index (χ0v) is 17.9. The molecule has 4 aromatic rings. The number of amides is 1. The quantitative estimate of drug-likeness (QED) is 0.470. The first kappa shape index (κ1) is 20.9. The predicted molar refractivity (Wildman–Crippen MR) is 114 cm³/mol. The molecule has 4 heterocycles. The van der Waals surface area contributed by atoms with Crippen LogP contribution < -0.4 is 10.2 Å². The van der Waals surface area contributed by atoms with E-state index in [-0.39, 0.29) is 17.5 Å². The number of halogens is 4. The van der Waals surface area contributed by atoms with E-state index in [4.69, 9.17) is 11.6 Å². The second-order valence-electron chi connectivity index (χ2n) is 7.36. The van der Waals surface area contributed by atoms with Gasteiger partial charge in [-0.25, -0.2) is 4.98 Å². The lowest BCUT2D eigenvalue weighted by Gasteiger charge is -2.31. The maximum absolute atomic E-state index is 13.1. The summed E-state index contributed by atoms with van der Waals surface area (Å²) in [5.41, 5.74) is 0.783. The third-order valence-electron chi connectivity index (χ3n) is 5.27. The minimum absolute atomic E-state index is 0.0208. The van der Waals surface area contributed by atoms with Gasteiger partial charge in [-0.05, 0) is 43.2 Å². The summed E-state index contributed by atoms with van der Waals surface area (Å²) in [5, 5.41) is 14.8. The number of carbonyl (C=O) groups excluding carboxylic acids is 1. The summed E-state index contributed by atoms with van der Waals surface area (Å²) in [5.74, 6) is -1.15. The van der Waals surface area contributed by atoms with Gasteiger partial charge >= 0.3 is 6.18 Å². The van der Waals surface area contributed by atoms with Gasteiger partial charge in [0.2, 0.25) is 5.91 Å². The Balaban J connectivity index is 1.25. The first-order valence-corrected chi connectivity index (χ1v) is 10.9. The van der Waals surface area contributed by atoms with Crippen molar-refractivity contribution < 1.29 is 18.0 Å². The summed E-state index contributed by atoms with van der Waals surface area (Å²) >= 11 is 7.35.